The van der Waals surface area contributed by atoms with Crippen LogP contribution in [0, 0.1) is 5.92 Å². The molecule has 0 heterocycles. The molecule has 0 atom stereocenters. The van der Waals surface area contributed by atoms with Crippen LogP contribution in [0.15, 0.2) is 0 Å². The quantitative estimate of drug-likeness (QED) is 0.658. The molecule has 0 unspecified atom stereocenters. The van der Waals surface area contributed by atoms with Crippen LogP contribution in [-0.2, 0) is 10.0 Å². The van der Waals surface area contributed by atoms with Gasteiger partial charge in [-0.2, -0.15) is 0 Å². The summed E-state index contributed by atoms with van der Waals surface area (Å²) in [6.45, 7) is 4.31. The third-order valence-electron chi connectivity index (χ3n) is 0.855. The molecule has 0 rings (SSSR count). The maximum absolute atomic E-state index is 10.7. The van der Waals surface area contributed by atoms with E-state index < -0.39 is 10.0 Å². The Balaban J connectivity index is 3.70. The average Bonchev–Trinajstić information content (AvgIpc) is 1.85. The Labute approximate surface area is 66.8 Å². The van der Waals surface area contributed by atoms with Crippen molar-refractivity contribution in [2.75, 3.05) is 11.8 Å². The second kappa shape index (κ2) is 4.16. The zero-order valence-corrected chi connectivity index (χ0v) is 7.67. The van der Waals surface area contributed by atoms with E-state index in [1.807, 2.05) is 13.8 Å². The molecule has 0 bridgehead atoms. The summed E-state index contributed by atoms with van der Waals surface area (Å²) in [5, 5.41) is -0.361. The fourth-order valence-corrected chi connectivity index (χ4v) is 1.23. The molecule has 0 radical (unpaired) electrons. The van der Waals surface area contributed by atoms with Gasteiger partial charge in [-0.15, -0.1) is 11.6 Å². The molecule has 0 aliphatic rings. The monoisotopic (exact) mass is 185 g/mol. The van der Waals surface area contributed by atoms with E-state index in [0.717, 1.165) is 0 Å². The van der Waals surface area contributed by atoms with Crippen LogP contribution in [0.4, 0.5) is 0 Å². The van der Waals surface area contributed by atoms with Crippen molar-refractivity contribution in [3.8, 4) is 0 Å². The van der Waals surface area contributed by atoms with Gasteiger partial charge >= 0.3 is 0 Å². The van der Waals surface area contributed by atoms with Gasteiger partial charge in [-0.05, 0) is 5.92 Å². The number of alkyl halides is 1. The highest BCUT2D eigenvalue weighted by molar-refractivity contribution is 7.90. The number of sulfonamides is 1. The van der Waals surface area contributed by atoms with Crippen LogP contribution in [0.1, 0.15) is 13.8 Å². The van der Waals surface area contributed by atoms with E-state index in [1.165, 1.54) is 0 Å². The van der Waals surface area contributed by atoms with Gasteiger partial charge in [0.2, 0.25) is 10.0 Å². The zero-order chi connectivity index (χ0) is 8.20. The second-order valence-electron chi connectivity index (χ2n) is 2.47. The van der Waals surface area contributed by atoms with Crippen LogP contribution in [-0.4, -0.2) is 20.2 Å². The molecule has 3 nitrogen and oxygen atoms in total. The Morgan fingerprint density at radius 3 is 2.30 bits per heavy atom. The van der Waals surface area contributed by atoms with Gasteiger partial charge in [0.05, 0.1) is 0 Å². The summed E-state index contributed by atoms with van der Waals surface area (Å²) < 4.78 is 23.7. The van der Waals surface area contributed by atoms with Crippen LogP contribution in [0.25, 0.3) is 0 Å². The molecular weight excluding hydrogens is 174 g/mol. The van der Waals surface area contributed by atoms with E-state index in [4.69, 9.17) is 11.6 Å². The predicted octanol–water partition coefficient (Wildman–Crippen LogP) is 0.758. The molecule has 0 fully saturated rings. The zero-order valence-electron chi connectivity index (χ0n) is 6.09. The van der Waals surface area contributed by atoms with Gasteiger partial charge in [0.25, 0.3) is 0 Å². The third kappa shape index (κ3) is 5.02. The van der Waals surface area contributed by atoms with Crippen molar-refractivity contribution in [3.05, 3.63) is 0 Å². The fourth-order valence-electron chi connectivity index (χ4n) is 0.332. The summed E-state index contributed by atoms with van der Waals surface area (Å²) >= 11 is 5.13. The first-order chi connectivity index (χ1) is 4.48. The van der Waals surface area contributed by atoms with Crippen molar-refractivity contribution < 1.29 is 8.42 Å². The molecule has 10 heavy (non-hydrogen) atoms. The van der Waals surface area contributed by atoms with E-state index in [1.54, 1.807) is 0 Å². The molecule has 0 aliphatic heterocycles. The molecule has 0 aromatic rings. The smallest absolute Gasteiger partial charge is 0.214 e. The maximum Gasteiger partial charge on any atom is 0.225 e. The molecule has 5 heteroatoms. The summed E-state index contributed by atoms with van der Waals surface area (Å²) in [6, 6.07) is 0. The van der Waals surface area contributed by atoms with E-state index in [0.29, 0.717) is 12.5 Å². The lowest BCUT2D eigenvalue weighted by Crippen LogP contribution is -2.28. The van der Waals surface area contributed by atoms with Crippen molar-refractivity contribution >= 4 is 21.6 Å². The van der Waals surface area contributed by atoms with Gasteiger partial charge in [-0.3, -0.25) is 0 Å². The lowest BCUT2D eigenvalue weighted by Gasteiger charge is -2.04. The molecule has 0 spiro atoms. The molecule has 62 valence electrons. The first-order valence-corrected chi connectivity index (χ1v) is 5.20. The fraction of sp³-hybridized carbons (Fsp3) is 1.00. The lowest BCUT2D eigenvalue weighted by molar-refractivity contribution is 0.564. The highest BCUT2D eigenvalue weighted by Gasteiger charge is 2.06. The minimum atomic E-state index is -3.20. The van der Waals surface area contributed by atoms with Crippen LogP contribution in [0.3, 0.4) is 0 Å². The van der Waals surface area contributed by atoms with Gasteiger partial charge in [0.15, 0.2) is 0 Å². The molecule has 0 saturated heterocycles. The van der Waals surface area contributed by atoms with E-state index in [9.17, 15) is 8.42 Å². The summed E-state index contributed by atoms with van der Waals surface area (Å²) in [6.07, 6.45) is 0. The maximum atomic E-state index is 10.7. The van der Waals surface area contributed by atoms with Crippen molar-refractivity contribution in [1.82, 2.24) is 4.72 Å². The van der Waals surface area contributed by atoms with Crippen molar-refractivity contribution in [2.45, 2.75) is 13.8 Å². The van der Waals surface area contributed by atoms with Crippen molar-refractivity contribution in [1.29, 1.82) is 0 Å². The number of rotatable bonds is 4. The first kappa shape index (κ1) is 10.2. The highest BCUT2D eigenvalue weighted by Crippen LogP contribution is 1.92. The van der Waals surface area contributed by atoms with E-state index in [2.05, 4.69) is 4.72 Å². The number of hydrogen-bond donors (Lipinski definition) is 1. The lowest BCUT2D eigenvalue weighted by atomic mass is 10.2. The molecule has 0 aromatic heterocycles. The Morgan fingerprint density at radius 1 is 1.50 bits per heavy atom. The van der Waals surface area contributed by atoms with Crippen molar-refractivity contribution in [3.63, 3.8) is 0 Å². The second-order valence-corrected chi connectivity index (χ2v) is 4.86. The van der Waals surface area contributed by atoms with Gasteiger partial charge in [0, 0.05) is 6.54 Å². The summed E-state index contributed by atoms with van der Waals surface area (Å²) in [5.41, 5.74) is 0. The largest absolute Gasteiger partial charge is 0.225 e. The van der Waals surface area contributed by atoms with Gasteiger partial charge in [-0.25, -0.2) is 13.1 Å². The Morgan fingerprint density at radius 2 is 2.00 bits per heavy atom. The SMILES string of the molecule is CC(C)CNS(=O)(=O)CCl. The van der Waals surface area contributed by atoms with Crippen LogP contribution in [0.5, 0.6) is 0 Å². The Bertz CT molecular complexity index is 176. The molecule has 0 aromatic carbocycles. The summed E-state index contributed by atoms with van der Waals surface area (Å²) in [7, 11) is -3.20. The Hall–Kier alpha value is 0.200. The standard InChI is InChI=1S/C5H12ClNO2S/c1-5(2)3-7-10(8,9)4-6/h5,7H,3-4H2,1-2H3. The Kier molecular flexibility index (Phi) is 4.24. The van der Waals surface area contributed by atoms with Gasteiger partial charge in [-0.1, -0.05) is 13.8 Å². The summed E-state index contributed by atoms with van der Waals surface area (Å²) in [4.78, 5) is 0. The van der Waals surface area contributed by atoms with Crippen molar-refractivity contribution in [2.24, 2.45) is 5.92 Å². The van der Waals surface area contributed by atoms with E-state index >= 15 is 0 Å². The number of hydrogen-bond acceptors (Lipinski definition) is 2. The molecule has 0 amide bonds. The molecular formula is C5H12ClNO2S. The van der Waals surface area contributed by atoms with Crippen LogP contribution < -0.4 is 4.72 Å². The third-order valence-corrected chi connectivity index (χ3v) is 2.61. The van der Waals surface area contributed by atoms with Crippen LogP contribution >= 0.6 is 11.6 Å². The van der Waals surface area contributed by atoms with Crippen LogP contribution in [0.2, 0.25) is 0 Å². The normalized spacial score (nSPS) is 12.4. The number of halogens is 1. The average molecular weight is 186 g/mol. The van der Waals surface area contributed by atoms with Gasteiger partial charge in [0.1, 0.15) is 5.21 Å². The highest BCUT2D eigenvalue weighted by atomic mass is 35.5. The molecule has 0 aliphatic carbocycles. The molecule has 1 N–H and O–H groups in total. The number of nitrogens with one attached hydrogen (secondary N) is 1. The topological polar surface area (TPSA) is 46.2 Å². The van der Waals surface area contributed by atoms with Gasteiger partial charge < -0.3 is 0 Å². The first-order valence-electron chi connectivity index (χ1n) is 3.01. The minimum absolute atomic E-state index is 0.318. The molecule has 0 saturated carbocycles. The summed E-state index contributed by atoms with van der Waals surface area (Å²) in [5.74, 6) is 0.318. The predicted molar refractivity (Wildman–Crippen MR) is 42.5 cm³/mol. The van der Waals surface area contributed by atoms with E-state index in [-0.39, 0.29) is 5.21 Å². The minimum Gasteiger partial charge on any atom is -0.214 e.